The zero-order valence-corrected chi connectivity index (χ0v) is 18.0. The number of rotatable bonds is 6. The molecule has 2 saturated heterocycles. The molecular weight excluding hydrogens is 461 g/mol. The van der Waals surface area contributed by atoms with Crippen LogP contribution >= 0.6 is 11.6 Å². The minimum Gasteiger partial charge on any atom is -0.472 e. The molecule has 0 bridgehead atoms. The molecule has 33 heavy (non-hydrogen) atoms. The second-order valence-corrected chi connectivity index (χ2v) is 7.96. The molecule has 0 saturated carbocycles. The number of nitrogens with zero attached hydrogens (tertiary/aromatic N) is 2. The molecule has 2 aliphatic rings. The highest BCUT2D eigenvalue weighted by molar-refractivity contribution is 6.32. The number of imidazole rings is 1. The van der Waals surface area contributed by atoms with E-state index in [2.05, 4.69) is 15.0 Å². The van der Waals surface area contributed by atoms with Gasteiger partial charge in [0.1, 0.15) is 35.8 Å². The molecule has 174 valence electrons. The molecule has 12 heteroatoms. The van der Waals surface area contributed by atoms with E-state index in [1.165, 1.54) is 25.3 Å². The molecule has 2 aliphatic heterocycles. The van der Waals surface area contributed by atoms with E-state index in [0.717, 1.165) is 0 Å². The van der Waals surface area contributed by atoms with E-state index in [1.807, 2.05) is 0 Å². The number of fused-ring (bicyclic) bond motifs is 2. The fourth-order valence-corrected chi connectivity index (χ4v) is 4.08. The van der Waals surface area contributed by atoms with Gasteiger partial charge in [0.15, 0.2) is 11.8 Å². The number of methoxy groups -OCH3 is 1. The molecule has 2 fully saturated rings. The van der Waals surface area contributed by atoms with Crippen LogP contribution in [-0.4, -0.2) is 70.8 Å². The normalized spacial score (nSPS) is 24.1. The molecule has 0 amide bonds. The monoisotopic (exact) mass is 479 g/mol. The lowest BCUT2D eigenvalue weighted by Crippen LogP contribution is -2.34. The van der Waals surface area contributed by atoms with Crippen LogP contribution in [0.5, 0.6) is 11.9 Å². The number of ether oxygens (including phenoxy) is 5. The number of H-pyrrole nitrogens is 1. The van der Waals surface area contributed by atoms with E-state index in [4.69, 9.17) is 35.3 Å². The summed E-state index contributed by atoms with van der Waals surface area (Å²) in [4.78, 5) is 23.5. The fourth-order valence-electron chi connectivity index (χ4n) is 3.87. The van der Waals surface area contributed by atoms with Crippen molar-refractivity contribution in [2.75, 3.05) is 20.3 Å². The molecule has 3 aromatic rings. The van der Waals surface area contributed by atoms with Crippen molar-refractivity contribution in [1.82, 2.24) is 15.0 Å². The molecule has 0 spiro atoms. The third-order valence-corrected chi connectivity index (χ3v) is 5.77. The molecule has 0 radical (unpaired) electrons. The van der Waals surface area contributed by atoms with Gasteiger partial charge in [0.25, 0.3) is 6.01 Å². The van der Waals surface area contributed by atoms with Crippen molar-refractivity contribution >= 4 is 28.7 Å². The number of carbonyl (C=O) groups excluding carboxylic acids is 1. The standard InChI is InChI=1S/C21H19ClFN3O7/c1-29-20(28)9-3-2-4-12(23)10(9)6-32-19-11(22)5-13-18(25-19)26-21(24-13)33-15-8-31-16-14(27)7-30-17(15)16/h2-5,14-17,27H,6-8H2,1H3,(H,24,25,26)/t14-,15-,16?,17-/m1/s1. The summed E-state index contributed by atoms with van der Waals surface area (Å²) in [6.07, 6.45) is -1.96. The Morgan fingerprint density at radius 1 is 1.30 bits per heavy atom. The maximum absolute atomic E-state index is 14.3. The summed E-state index contributed by atoms with van der Waals surface area (Å²) >= 11 is 6.28. The highest BCUT2D eigenvalue weighted by atomic mass is 35.5. The third-order valence-electron chi connectivity index (χ3n) is 5.50. The summed E-state index contributed by atoms with van der Waals surface area (Å²) in [6.45, 7) is 0.134. The van der Waals surface area contributed by atoms with E-state index < -0.39 is 36.2 Å². The third kappa shape index (κ3) is 4.08. The van der Waals surface area contributed by atoms with Gasteiger partial charge >= 0.3 is 5.97 Å². The van der Waals surface area contributed by atoms with Crippen molar-refractivity contribution in [2.45, 2.75) is 31.0 Å². The SMILES string of the molecule is COC(=O)c1cccc(F)c1COc1nc2nc(O[C@@H]3COC4[C@H](O)CO[C@@H]43)[nH]c2cc1Cl. The molecule has 0 aliphatic carbocycles. The zero-order chi connectivity index (χ0) is 23.1. The average Bonchev–Trinajstić information content (AvgIpc) is 3.49. The van der Waals surface area contributed by atoms with Gasteiger partial charge in [-0.25, -0.2) is 9.18 Å². The van der Waals surface area contributed by atoms with Crippen LogP contribution in [0.1, 0.15) is 15.9 Å². The first-order chi connectivity index (χ1) is 15.9. The van der Waals surface area contributed by atoms with Crippen LogP contribution in [0, 0.1) is 5.82 Å². The predicted octanol–water partition coefficient (Wildman–Crippen LogP) is 2.02. The maximum Gasteiger partial charge on any atom is 0.338 e. The van der Waals surface area contributed by atoms with Crippen molar-refractivity contribution in [3.8, 4) is 11.9 Å². The largest absolute Gasteiger partial charge is 0.472 e. The molecule has 2 aromatic heterocycles. The number of aromatic nitrogens is 3. The Morgan fingerprint density at radius 3 is 2.94 bits per heavy atom. The Bertz CT molecular complexity index is 1210. The first-order valence-corrected chi connectivity index (χ1v) is 10.4. The summed E-state index contributed by atoms with van der Waals surface area (Å²) in [5.74, 6) is -1.30. The maximum atomic E-state index is 14.3. The fraction of sp³-hybridized carbons (Fsp3) is 0.381. The van der Waals surface area contributed by atoms with Crippen LogP contribution in [0.25, 0.3) is 11.2 Å². The summed E-state index contributed by atoms with van der Waals surface area (Å²) in [7, 11) is 1.21. The number of hydrogen-bond donors (Lipinski definition) is 2. The van der Waals surface area contributed by atoms with Gasteiger partial charge in [-0.05, 0) is 18.2 Å². The average molecular weight is 480 g/mol. The predicted molar refractivity (Wildman–Crippen MR) is 111 cm³/mol. The summed E-state index contributed by atoms with van der Waals surface area (Å²) in [6, 6.07) is 5.78. The number of hydrogen-bond acceptors (Lipinski definition) is 9. The lowest BCUT2D eigenvalue weighted by Gasteiger charge is -2.15. The molecular formula is C21H19ClFN3O7. The first-order valence-electron chi connectivity index (χ1n) is 10.1. The zero-order valence-electron chi connectivity index (χ0n) is 17.3. The molecule has 10 nitrogen and oxygen atoms in total. The van der Waals surface area contributed by atoms with Crippen molar-refractivity contribution < 1.29 is 38.0 Å². The van der Waals surface area contributed by atoms with E-state index >= 15 is 0 Å². The first kappa shape index (κ1) is 21.8. The number of benzene rings is 1. The van der Waals surface area contributed by atoms with E-state index in [-0.39, 0.29) is 53.5 Å². The second kappa shape index (κ2) is 8.75. The van der Waals surface area contributed by atoms with Crippen molar-refractivity contribution in [1.29, 1.82) is 0 Å². The Kier molecular flexibility index (Phi) is 5.79. The lowest BCUT2D eigenvalue weighted by atomic mass is 10.1. The van der Waals surface area contributed by atoms with Crippen LogP contribution in [0.3, 0.4) is 0 Å². The van der Waals surface area contributed by atoms with Gasteiger partial charge in [0, 0.05) is 5.56 Å². The molecule has 4 heterocycles. The lowest BCUT2D eigenvalue weighted by molar-refractivity contribution is 0.00706. The Hall–Kier alpha value is -2.99. The van der Waals surface area contributed by atoms with Gasteiger partial charge in [0.05, 0.1) is 31.4 Å². The quantitative estimate of drug-likeness (QED) is 0.511. The Balaban J connectivity index is 1.34. The van der Waals surface area contributed by atoms with Crippen LogP contribution < -0.4 is 9.47 Å². The minimum atomic E-state index is -0.686. The minimum absolute atomic E-state index is 0.00722. The van der Waals surface area contributed by atoms with Crippen LogP contribution in [-0.2, 0) is 20.8 Å². The van der Waals surface area contributed by atoms with Gasteiger partial charge in [0.2, 0.25) is 5.88 Å². The van der Waals surface area contributed by atoms with E-state index in [9.17, 15) is 14.3 Å². The number of halogens is 2. The van der Waals surface area contributed by atoms with Gasteiger partial charge in [-0.2, -0.15) is 9.97 Å². The smallest absolute Gasteiger partial charge is 0.338 e. The summed E-state index contributed by atoms with van der Waals surface area (Å²) in [5, 5.41) is 10.0. The number of pyridine rings is 1. The number of aliphatic hydroxyl groups is 1. The summed E-state index contributed by atoms with van der Waals surface area (Å²) < 4.78 is 41.5. The van der Waals surface area contributed by atoms with Crippen LogP contribution in [0.4, 0.5) is 4.39 Å². The highest BCUT2D eigenvalue weighted by Gasteiger charge is 2.48. The van der Waals surface area contributed by atoms with Gasteiger partial charge in [-0.15, -0.1) is 0 Å². The Morgan fingerprint density at radius 2 is 2.12 bits per heavy atom. The molecule has 5 rings (SSSR count). The molecule has 1 aromatic carbocycles. The second-order valence-electron chi connectivity index (χ2n) is 7.55. The molecule has 2 N–H and O–H groups in total. The van der Waals surface area contributed by atoms with E-state index in [0.29, 0.717) is 5.52 Å². The van der Waals surface area contributed by atoms with Gasteiger partial charge in [-0.1, -0.05) is 17.7 Å². The van der Waals surface area contributed by atoms with Crippen molar-refractivity contribution in [3.63, 3.8) is 0 Å². The topological polar surface area (TPSA) is 125 Å². The van der Waals surface area contributed by atoms with Crippen LogP contribution in [0.2, 0.25) is 5.02 Å². The van der Waals surface area contributed by atoms with E-state index in [1.54, 1.807) is 6.07 Å². The van der Waals surface area contributed by atoms with Crippen LogP contribution in [0.15, 0.2) is 24.3 Å². The molecule has 4 atom stereocenters. The van der Waals surface area contributed by atoms with Crippen molar-refractivity contribution in [3.05, 3.63) is 46.2 Å². The highest BCUT2D eigenvalue weighted by Crippen LogP contribution is 2.31. The number of esters is 1. The number of carbonyl (C=O) groups is 1. The van der Waals surface area contributed by atoms with Gasteiger partial charge in [-0.3, -0.25) is 0 Å². The van der Waals surface area contributed by atoms with Gasteiger partial charge < -0.3 is 33.8 Å². The number of nitrogens with one attached hydrogen (secondary N) is 1. The Labute approximate surface area is 191 Å². The van der Waals surface area contributed by atoms with Crippen molar-refractivity contribution in [2.24, 2.45) is 0 Å². The molecule has 1 unspecified atom stereocenters. The number of aliphatic hydroxyl groups excluding tert-OH is 1. The summed E-state index contributed by atoms with van der Waals surface area (Å²) in [5.41, 5.74) is 0.810. The number of aromatic amines is 1.